The molecule has 110 valence electrons. The smallest absolute Gasteiger partial charge is 0.246 e. The lowest BCUT2D eigenvalue weighted by atomic mass is 10.2. The van der Waals surface area contributed by atoms with Crippen LogP contribution in [-0.2, 0) is 4.79 Å². The summed E-state index contributed by atoms with van der Waals surface area (Å²) < 4.78 is 5.18. The second kappa shape index (κ2) is 7.03. The number of amides is 1. The van der Waals surface area contributed by atoms with E-state index in [-0.39, 0.29) is 11.8 Å². The maximum Gasteiger partial charge on any atom is 0.246 e. The number of alkyl halides is 1. The van der Waals surface area contributed by atoms with E-state index in [1.165, 1.54) is 4.90 Å². The first kappa shape index (κ1) is 16.0. The average Bonchev–Trinajstić information content (AvgIpc) is 2.50. The van der Waals surface area contributed by atoms with Crippen LogP contribution in [0.25, 0.3) is 0 Å². The van der Waals surface area contributed by atoms with Gasteiger partial charge in [0.05, 0.1) is 28.5 Å². The molecule has 0 radical (unpaired) electrons. The first-order valence-electron chi connectivity index (χ1n) is 6.05. The van der Waals surface area contributed by atoms with Crippen molar-refractivity contribution >= 4 is 52.1 Å². The van der Waals surface area contributed by atoms with Crippen molar-refractivity contribution < 1.29 is 9.53 Å². The highest BCUT2D eigenvalue weighted by molar-refractivity contribution is 6.41. The quantitative estimate of drug-likeness (QED) is 0.738. The Morgan fingerprint density at radius 3 is 2.33 bits per heavy atom. The third-order valence-electron chi connectivity index (χ3n) is 2.84. The predicted molar refractivity (Wildman–Crippen MR) is 87.3 cm³/mol. The fourth-order valence-corrected chi connectivity index (χ4v) is 2.60. The van der Waals surface area contributed by atoms with Gasteiger partial charge in [0.2, 0.25) is 5.91 Å². The number of halogens is 3. The highest BCUT2D eigenvalue weighted by atomic mass is 35.5. The van der Waals surface area contributed by atoms with Crippen LogP contribution in [0.3, 0.4) is 0 Å². The van der Waals surface area contributed by atoms with Gasteiger partial charge in [0.15, 0.2) is 0 Å². The van der Waals surface area contributed by atoms with Crippen LogP contribution in [0, 0.1) is 0 Å². The monoisotopic (exact) mass is 343 g/mol. The van der Waals surface area contributed by atoms with Crippen LogP contribution in [0.1, 0.15) is 0 Å². The molecule has 0 fully saturated rings. The summed E-state index contributed by atoms with van der Waals surface area (Å²) in [5, 5.41) is 0.729. The molecule has 3 nitrogen and oxygen atoms in total. The molecule has 0 aromatic heterocycles. The van der Waals surface area contributed by atoms with E-state index in [0.717, 1.165) is 0 Å². The maximum absolute atomic E-state index is 12.3. The minimum absolute atomic E-state index is 0.196. The van der Waals surface area contributed by atoms with Gasteiger partial charge in [-0.15, -0.1) is 11.6 Å². The number of hydrogen-bond acceptors (Lipinski definition) is 2. The molecule has 0 spiro atoms. The molecule has 0 heterocycles. The number of para-hydroxylation sites is 1. The first-order chi connectivity index (χ1) is 10.1. The van der Waals surface area contributed by atoms with Gasteiger partial charge in [0, 0.05) is 6.07 Å². The Hall–Kier alpha value is -1.42. The summed E-state index contributed by atoms with van der Waals surface area (Å²) in [7, 11) is 1.55. The summed E-state index contributed by atoms with van der Waals surface area (Å²) in [5.41, 5.74) is 0.981. The van der Waals surface area contributed by atoms with Crippen molar-refractivity contribution in [3.63, 3.8) is 0 Å². The van der Waals surface area contributed by atoms with Crippen LogP contribution in [0.4, 0.5) is 11.4 Å². The van der Waals surface area contributed by atoms with E-state index in [1.807, 2.05) is 0 Å². The molecule has 0 saturated heterocycles. The minimum atomic E-state index is -0.333. The predicted octanol–water partition coefficient (Wildman–Crippen LogP) is 4.91. The zero-order valence-electron chi connectivity index (χ0n) is 11.1. The summed E-state index contributed by atoms with van der Waals surface area (Å²) in [5.74, 6) is 0.0849. The van der Waals surface area contributed by atoms with Gasteiger partial charge < -0.3 is 4.74 Å². The Morgan fingerprint density at radius 2 is 1.76 bits per heavy atom. The van der Waals surface area contributed by atoms with E-state index in [4.69, 9.17) is 39.5 Å². The van der Waals surface area contributed by atoms with Crippen molar-refractivity contribution in [3.05, 3.63) is 52.5 Å². The largest absolute Gasteiger partial charge is 0.497 e. The molecule has 0 saturated carbocycles. The topological polar surface area (TPSA) is 29.5 Å². The van der Waals surface area contributed by atoms with Gasteiger partial charge in [-0.25, -0.2) is 0 Å². The lowest BCUT2D eigenvalue weighted by Crippen LogP contribution is -2.27. The summed E-state index contributed by atoms with van der Waals surface area (Å²) in [6, 6.07) is 12.1. The summed E-state index contributed by atoms with van der Waals surface area (Å²) in [6.45, 7) is 0. The minimum Gasteiger partial charge on any atom is -0.497 e. The lowest BCUT2D eigenvalue weighted by molar-refractivity contribution is -0.115. The van der Waals surface area contributed by atoms with Crippen LogP contribution in [0.15, 0.2) is 42.5 Å². The molecule has 2 aromatic rings. The number of benzene rings is 2. The fraction of sp³-hybridized carbons (Fsp3) is 0.133. The second-order valence-corrected chi connectivity index (χ2v) is 5.22. The number of ether oxygens (including phenoxy) is 1. The Bertz CT molecular complexity index is 641. The van der Waals surface area contributed by atoms with E-state index in [1.54, 1.807) is 49.6 Å². The van der Waals surface area contributed by atoms with Crippen LogP contribution in [-0.4, -0.2) is 18.9 Å². The van der Waals surface area contributed by atoms with E-state index < -0.39 is 0 Å². The molecule has 0 N–H and O–H groups in total. The standard InChI is InChI=1S/C15H12Cl3NO2/c1-21-11-5-2-4-10(8-11)19(14(20)9-16)15-12(17)6-3-7-13(15)18/h2-8H,9H2,1H3. The highest BCUT2D eigenvalue weighted by Crippen LogP contribution is 2.38. The third kappa shape index (κ3) is 3.43. The van der Waals surface area contributed by atoms with Crippen LogP contribution in [0.5, 0.6) is 5.75 Å². The molecule has 6 heteroatoms. The molecule has 0 unspecified atom stereocenters. The Labute approximate surface area is 138 Å². The van der Waals surface area contributed by atoms with Gasteiger partial charge in [-0.2, -0.15) is 0 Å². The van der Waals surface area contributed by atoms with Gasteiger partial charge in [-0.05, 0) is 24.3 Å². The fourth-order valence-electron chi connectivity index (χ4n) is 1.91. The number of hydrogen-bond donors (Lipinski definition) is 0. The van der Waals surface area contributed by atoms with Crippen LogP contribution >= 0.6 is 34.8 Å². The van der Waals surface area contributed by atoms with Crippen molar-refractivity contribution in [2.24, 2.45) is 0 Å². The third-order valence-corrected chi connectivity index (χ3v) is 3.68. The summed E-state index contributed by atoms with van der Waals surface area (Å²) >= 11 is 18.1. The SMILES string of the molecule is COc1cccc(N(C(=O)CCl)c2c(Cl)cccc2Cl)c1. The molecule has 0 aliphatic heterocycles. The highest BCUT2D eigenvalue weighted by Gasteiger charge is 2.22. The van der Waals surface area contributed by atoms with Gasteiger partial charge in [-0.3, -0.25) is 9.69 Å². The van der Waals surface area contributed by atoms with Gasteiger partial charge in [0.25, 0.3) is 0 Å². The molecule has 1 amide bonds. The average molecular weight is 345 g/mol. The molecule has 0 aliphatic carbocycles. The Morgan fingerprint density at radius 1 is 1.14 bits per heavy atom. The molecule has 0 atom stereocenters. The zero-order valence-corrected chi connectivity index (χ0v) is 13.4. The van der Waals surface area contributed by atoms with Crippen molar-refractivity contribution in [1.29, 1.82) is 0 Å². The molecule has 21 heavy (non-hydrogen) atoms. The number of rotatable bonds is 4. The second-order valence-electron chi connectivity index (χ2n) is 4.13. The van der Waals surface area contributed by atoms with Gasteiger partial charge in [-0.1, -0.05) is 35.3 Å². The number of nitrogens with zero attached hydrogens (tertiary/aromatic N) is 1. The molecular weight excluding hydrogens is 333 g/mol. The normalized spacial score (nSPS) is 10.3. The molecule has 0 bridgehead atoms. The maximum atomic E-state index is 12.3. The number of anilines is 2. The molecule has 0 aliphatic rings. The van der Waals surface area contributed by atoms with Crippen molar-refractivity contribution in [2.45, 2.75) is 0 Å². The van der Waals surface area contributed by atoms with Crippen molar-refractivity contribution in [3.8, 4) is 5.75 Å². The first-order valence-corrected chi connectivity index (χ1v) is 7.34. The van der Waals surface area contributed by atoms with E-state index in [9.17, 15) is 4.79 Å². The van der Waals surface area contributed by atoms with Crippen molar-refractivity contribution in [1.82, 2.24) is 0 Å². The number of carbonyl (C=O) groups is 1. The zero-order chi connectivity index (χ0) is 15.4. The lowest BCUT2D eigenvalue weighted by Gasteiger charge is -2.24. The number of carbonyl (C=O) groups excluding carboxylic acids is 1. The van der Waals surface area contributed by atoms with Crippen molar-refractivity contribution in [2.75, 3.05) is 17.9 Å². The summed E-state index contributed by atoms with van der Waals surface area (Å²) in [6.07, 6.45) is 0. The van der Waals surface area contributed by atoms with Gasteiger partial charge in [0.1, 0.15) is 11.6 Å². The van der Waals surface area contributed by atoms with E-state index in [0.29, 0.717) is 27.2 Å². The Kier molecular flexibility index (Phi) is 5.34. The molecular formula is C15H12Cl3NO2. The van der Waals surface area contributed by atoms with Gasteiger partial charge >= 0.3 is 0 Å². The van der Waals surface area contributed by atoms with E-state index >= 15 is 0 Å². The van der Waals surface area contributed by atoms with E-state index in [2.05, 4.69) is 0 Å². The Balaban J connectivity index is 2.61. The molecule has 2 rings (SSSR count). The summed E-state index contributed by atoms with van der Waals surface area (Å²) in [4.78, 5) is 13.6. The van der Waals surface area contributed by atoms with Crippen LogP contribution < -0.4 is 9.64 Å². The molecule has 2 aromatic carbocycles. The van der Waals surface area contributed by atoms with Crippen LogP contribution in [0.2, 0.25) is 10.0 Å². The number of methoxy groups -OCH3 is 1.